The molecule has 0 fully saturated rings. The second-order valence-corrected chi connectivity index (χ2v) is 9.34. The van der Waals surface area contributed by atoms with E-state index >= 15 is 0 Å². The number of halogens is 2. The first-order valence-corrected chi connectivity index (χ1v) is 12.6. The van der Waals surface area contributed by atoms with Crippen molar-refractivity contribution < 1.29 is 27.1 Å². The van der Waals surface area contributed by atoms with Crippen LogP contribution in [-0.2, 0) is 0 Å². The predicted octanol–water partition coefficient (Wildman–Crippen LogP) is 7.57. The van der Waals surface area contributed by atoms with Crippen molar-refractivity contribution >= 4 is 45.1 Å². The molecule has 0 N–H and O–H groups in total. The Morgan fingerprint density at radius 2 is 1.10 bits per heavy atom. The van der Waals surface area contributed by atoms with Crippen molar-refractivity contribution in [2.45, 2.75) is 6.42 Å². The maximum absolute atomic E-state index is 13.3. The molecule has 0 aliphatic rings. The van der Waals surface area contributed by atoms with E-state index in [2.05, 4.69) is 0 Å². The van der Waals surface area contributed by atoms with Crippen molar-refractivity contribution in [3.8, 4) is 34.5 Å². The van der Waals surface area contributed by atoms with Crippen molar-refractivity contribution in [3.05, 3.63) is 104 Å². The van der Waals surface area contributed by atoms with Crippen LogP contribution in [-0.4, -0.2) is 13.2 Å². The van der Waals surface area contributed by atoms with Crippen LogP contribution in [0.5, 0.6) is 11.5 Å². The first-order valence-electron chi connectivity index (χ1n) is 11.9. The molecular formula is C29H18Cl2O8. The van der Waals surface area contributed by atoms with Crippen LogP contribution >= 0.6 is 23.2 Å². The van der Waals surface area contributed by atoms with Gasteiger partial charge >= 0.3 is 0 Å². The minimum Gasteiger partial charge on any atom is -0.486 e. The quantitative estimate of drug-likeness (QED) is 0.174. The number of benzene rings is 2. The fourth-order valence-electron chi connectivity index (χ4n) is 4.11. The van der Waals surface area contributed by atoms with Crippen LogP contribution in [0.15, 0.2) is 100 Å². The Bertz CT molecular complexity index is 1760. The van der Waals surface area contributed by atoms with Gasteiger partial charge in [-0.15, -0.1) is 0 Å². The normalized spacial score (nSPS) is 11.3. The van der Waals surface area contributed by atoms with Gasteiger partial charge in [-0.1, -0.05) is 23.2 Å². The van der Waals surface area contributed by atoms with Crippen molar-refractivity contribution in [2.24, 2.45) is 0 Å². The number of hydrogen-bond donors (Lipinski definition) is 0. The molecule has 0 saturated carbocycles. The van der Waals surface area contributed by atoms with Crippen molar-refractivity contribution in [3.63, 3.8) is 0 Å². The number of furan rings is 2. The highest BCUT2D eigenvalue weighted by Gasteiger charge is 2.22. The first kappa shape index (κ1) is 24.9. The zero-order valence-electron chi connectivity index (χ0n) is 20.1. The standard InChI is InChI=1S/C29H18Cl2O8/c30-16-6-8-20-18(14-16)24(32)28(26(38-20)22-4-1-10-34-22)36-12-3-13-37-29-25(33)19-15-17(31)7-9-21(19)39-27(29)23-5-2-11-35-23/h1-2,4-11,14-15H,3,12-13H2. The van der Waals surface area contributed by atoms with E-state index in [1.165, 1.54) is 24.7 Å². The lowest BCUT2D eigenvalue weighted by atomic mass is 10.2. The Hall–Kier alpha value is -4.40. The monoisotopic (exact) mass is 564 g/mol. The highest BCUT2D eigenvalue weighted by atomic mass is 35.5. The van der Waals surface area contributed by atoms with Crippen LogP contribution in [0.25, 0.3) is 45.0 Å². The Kier molecular flexibility index (Phi) is 6.64. The third-order valence-electron chi connectivity index (χ3n) is 5.89. The maximum atomic E-state index is 13.3. The Labute approximate surface area is 229 Å². The molecule has 6 aromatic rings. The molecule has 196 valence electrons. The van der Waals surface area contributed by atoms with Crippen LogP contribution in [0.1, 0.15) is 6.42 Å². The Morgan fingerprint density at radius 3 is 1.51 bits per heavy atom. The lowest BCUT2D eigenvalue weighted by Gasteiger charge is -2.12. The van der Waals surface area contributed by atoms with Gasteiger partial charge < -0.3 is 27.1 Å². The number of ether oxygens (including phenoxy) is 2. The van der Waals surface area contributed by atoms with Gasteiger partial charge in [-0.2, -0.15) is 0 Å². The van der Waals surface area contributed by atoms with Gasteiger partial charge in [0.05, 0.1) is 36.5 Å². The molecule has 6 rings (SSSR count). The summed E-state index contributed by atoms with van der Waals surface area (Å²) >= 11 is 12.2. The third kappa shape index (κ3) is 4.80. The van der Waals surface area contributed by atoms with Gasteiger partial charge in [-0.3, -0.25) is 9.59 Å². The Balaban J connectivity index is 1.25. The second kappa shape index (κ2) is 10.4. The van der Waals surface area contributed by atoms with E-state index in [1.807, 2.05) is 0 Å². The summed E-state index contributed by atoms with van der Waals surface area (Å²) in [7, 11) is 0. The highest BCUT2D eigenvalue weighted by Crippen LogP contribution is 2.33. The topological polar surface area (TPSA) is 105 Å². The summed E-state index contributed by atoms with van der Waals surface area (Å²) in [6, 6.07) is 16.2. The smallest absolute Gasteiger partial charge is 0.235 e. The van der Waals surface area contributed by atoms with Crippen molar-refractivity contribution in [1.29, 1.82) is 0 Å². The van der Waals surface area contributed by atoms with Gasteiger partial charge in [-0.25, -0.2) is 0 Å². The van der Waals surface area contributed by atoms with Crippen molar-refractivity contribution in [1.82, 2.24) is 0 Å². The molecule has 0 bridgehead atoms. The number of rotatable bonds is 8. The minimum absolute atomic E-state index is 0.0177. The fraction of sp³-hybridized carbons (Fsp3) is 0.103. The van der Waals surface area contributed by atoms with E-state index in [9.17, 15) is 9.59 Å². The Morgan fingerprint density at radius 1 is 0.641 bits per heavy atom. The molecule has 0 unspecified atom stereocenters. The first-order chi connectivity index (χ1) is 19.0. The van der Waals surface area contributed by atoms with E-state index in [0.717, 1.165) is 0 Å². The molecule has 4 aromatic heterocycles. The lowest BCUT2D eigenvalue weighted by Crippen LogP contribution is -2.15. The van der Waals surface area contributed by atoms with E-state index in [1.54, 1.807) is 48.5 Å². The van der Waals surface area contributed by atoms with Crippen molar-refractivity contribution in [2.75, 3.05) is 13.2 Å². The summed E-state index contributed by atoms with van der Waals surface area (Å²) in [5, 5.41) is 1.34. The van der Waals surface area contributed by atoms with Crippen LogP contribution in [0.2, 0.25) is 10.0 Å². The SMILES string of the molecule is O=c1c(OCCCOc2c(-c3ccco3)oc3ccc(Cl)cc3c2=O)c(-c2ccco2)oc2ccc(Cl)cc12. The summed E-state index contributed by atoms with van der Waals surface area (Å²) in [4.78, 5) is 26.5. The fourth-order valence-corrected chi connectivity index (χ4v) is 4.45. The molecule has 0 aliphatic heterocycles. The minimum atomic E-state index is -0.391. The second-order valence-electron chi connectivity index (χ2n) is 8.46. The van der Waals surface area contributed by atoms with Gasteiger partial charge in [0.25, 0.3) is 0 Å². The highest BCUT2D eigenvalue weighted by molar-refractivity contribution is 6.31. The number of hydrogen-bond acceptors (Lipinski definition) is 8. The molecule has 0 saturated heterocycles. The predicted molar refractivity (Wildman–Crippen MR) is 146 cm³/mol. The van der Waals surface area contributed by atoms with Crippen LogP contribution in [0, 0.1) is 0 Å². The average Bonchev–Trinajstić information content (AvgIpc) is 3.66. The zero-order valence-corrected chi connectivity index (χ0v) is 21.6. The van der Waals surface area contributed by atoms with Gasteiger partial charge in [-0.05, 0) is 60.7 Å². The molecule has 0 atom stereocenters. The van der Waals surface area contributed by atoms with Crippen LogP contribution in [0.4, 0.5) is 0 Å². The molecular weight excluding hydrogens is 547 g/mol. The maximum Gasteiger partial charge on any atom is 0.235 e. The summed E-state index contributed by atoms with van der Waals surface area (Å²) < 4.78 is 34.5. The van der Waals surface area contributed by atoms with Gasteiger partial charge in [0, 0.05) is 16.5 Å². The molecule has 0 amide bonds. The average molecular weight is 565 g/mol. The molecule has 0 aliphatic carbocycles. The molecule has 0 spiro atoms. The molecule has 10 heteroatoms. The third-order valence-corrected chi connectivity index (χ3v) is 6.36. The van der Waals surface area contributed by atoms with Gasteiger partial charge in [0.1, 0.15) is 11.2 Å². The molecule has 0 radical (unpaired) electrons. The summed E-state index contributed by atoms with van der Waals surface area (Å²) in [6.07, 6.45) is 3.26. The van der Waals surface area contributed by atoms with E-state index < -0.39 is 10.9 Å². The molecule has 2 aromatic carbocycles. The van der Waals surface area contributed by atoms with Gasteiger partial charge in [0.15, 0.2) is 11.5 Å². The van der Waals surface area contributed by atoms with E-state index in [4.69, 9.17) is 50.3 Å². The summed E-state index contributed by atoms with van der Waals surface area (Å²) in [6.45, 7) is 0.150. The number of fused-ring (bicyclic) bond motifs is 2. The zero-order chi connectivity index (χ0) is 26.9. The van der Waals surface area contributed by atoms with Crippen LogP contribution < -0.4 is 20.3 Å². The summed E-state index contributed by atoms with van der Waals surface area (Å²) in [5.74, 6) is 0.962. The summed E-state index contributed by atoms with van der Waals surface area (Å²) in [5.41, 5.74) is -0.0865. The molecule has 8 nitrogen and oxygen atoms in total. The van der Waals surface area contributed by atoms with Gasteiger partial charge in [0.2, 0.25) is 33.9 Å². The molecule has 4 heterocycles. The van der Waals surface area contributed by atoms with Crippen LogP contribution in [0.3, 0.4) is 0 Å². The van der Waals surface area contributed by atoms with E-state index in [-0.39, 0.29) is 47.0 Å². The largest absolute Gasteiger partial charge is 0.486 e. The lowest BCUT2D eigenvalue weighted by molar-refractivity contribution is 0.240. The molecule has 39 heavy (non-hydrogen) atoms. The van der Waals surface area contributed by atoms with E-state index in [0.29, 0.717) is 39.2 Å².